The molecule has 0 unspecified atom stereocenters. The predicted octanol–water partition coefficient (Wildman–Crippen LogP) is 4.58. The van der Waals surface area contributed by atoms with Crippen molar-refractivity contribution in [3.63, 3.8) is 0 Å². The molecule has 0 aromatic heterocycles. The first-order valence-electron chi connectivity index (χ1n) is 5.14. The van der Waals surface area contributed by atoms with Crippen LogP contribution in [0.25, 0.3) is 0 Å². The number of rotatable bonds is 4. The van der Waals surface area contributed by atoms with Gasteiger partial charge in [0.05, 0.1) is 0 Å². The molecule has 3 heteroatoms. The summed E-state index contributed by atoms with van der Waals surface area (Å²) in [7, 11) is 0. The molecule has 0 amide bonds. The third kappa shape index (κ3) is 3.42. The maximum Gasteiger partial charge on any atom is 0.162 e. The normalized spacial score (nSPS) is 15.3. The second kappa shape index (κ2) is 4.79. The fraction of sp³-hybridized carbons (Fsp3) is 0.417. The van der Waals surface area contributed by atoms with Gasteiger partial charge in [-0.1, -0.05) is 44.7 Å². The molecule has 1 aliphatic carbocycles. The highest BCUT2D eigenvalue weighted by Gasteiger charge is 2.22. The molecule has 0 radical (unpaired) electrons. The van der Waals surface area contributed by atoms with Crippen LogP contribution in [0.15, 0.2) is 27.1 Å². The summed E-state index contributed by atoms with van der Waals surface area (Å²) in [5, 5.41) is 0. The SMILES string of the molecule is O=C(CCC1CC1)c1cc(Br)cc(Br)c1. The summed E-state index contributed by atoms with van der Waals surface area (Å²) in [5.74, 6) is 1.08. The Morgan fingerprint density at radius 1 is 1.20 bits per heavy atom. The summed E-state index contributed by atoms with van der Waals surface area (Å²) in [6, 6.07) is 5.72. The van der Waals surface area contributed by atoms with Gasteiger partial charge in [-0.2, -0.15) is 0 Å². The minimum absolute atomic E-state index is 0.254. The monoisotopic (exact) mass is 330 g/mol. The lowest BCUT2D eigenvalue weighted by atomic mass is 10.1. The van der Waals surface area contributed by atoms with Crippen LogP contribution in [0.1, 0.15) is 36.0 Å². The highest BCUT2D eigenvalue weighted by atomic mass is 79.9. The molecule has 0 aliphatic heterocycles. The van der Waals surface area contributed by atoms with Crippen molar-refractivity contribution in [2.45, 2.75) is 25.7 Å². The number of Topliss-reactive ketones (excluding diaryl/α,β-unsaturated/α-hetero) is 1. The van der Waals surface area contributed by atoms with Gasteiger partial charge in [0.15, 0.2) is 5.78 Å². The first kappa shape index (κ1) is 11.3. The van der Waals surface area contributed by atoms with Crippen LogP contribution >= 0.6 is 31.9 Å². The van der Waals surface area contributed by atoms with E-state index in [4.69, 9.17) is 0 Å². The molecule has 2 rings (SSSR count). The molecule has 1 aromatic carbocycles. The molecule has 80 valence electrons. The molecule has 1 nitrogen and oxygen atoms in total. The molecule has 0 bridgehead atoms. The minimum Gasteiger partial charge on any atom is -0.294 e. The van der Waals surface area contributed by atoms with E-state index in [1.807, 2.05) is 18.2 Å². The summed E-state index contributed by atoms with van der Waals surface area (Å²) in [6.07, 6.45) is 4.38. The summed E-state index contributed by atoms with van der Waals surface area (Å²) in [6.45, 7) is 0. The number of ketones is 1. The minimum atomic E-state index is 0.254. The molecular weight excluding hydrogens is 320 g/mol. The van der Waals surface area contributed by atoms with Crippen molar-refractivity contribution in [2.24, 2.45) is 5.92 Å². The second-order valence-corrected chi connectivity index (χ2v) is 5.89. The number of carbonyl (C=O) groups is 1. The molecular formula is C12H12Br2O. The summed E-state index contributed by atoms with van der Waals surface area (Å²) < 4.78 is 1.90. The van der Waals surface area contributed by atoms with E-state index in [0.717, 1.165) is 26.8 Å². The number of benzene rings is 1. The van der Waals surface area contributed by atoms with Crippen LogP contribution in [0.3, 0.4) is 0 Å². The van der Waals surface area contributed by atoms with Gasteiger partial charge >= 0.3 is 0 Å². The Morgan fingerprint density at radius 3 is 2.33 bits per heavy atom. The van der Waals surface area contributed by atoms with Crippen LogP contribution in [0.2, 0.25) is 0 Å². The molecule has 0 saturated heterocycles. The molecule has 1 fully saturated rings. The van der Waals surface area contributed by atoms with Gasteiger partial charge in [-0.15, -0.1) is 0 Å². The van der Waals surface area contributed by atoms with E-state index in [0.29, 0.717) is 6.42 Å². The summed E-state index contributed by atoms with van der Waals surface area (Å²) in [4.78, 5) is 11.8. The Kier molecular flexibility index (Phi) is 3.62. The first-order chi connectivity index (χ1) is 7.15. The van der Waals surface area contributed by atoms with E-state index in [1.165, 1.54) is 12.8 Å². The van der Waals surface area contributed by atoms with Gasteiger partial charge in [0.1, 0.15) is 0 Å². The number of hydrogen-bond donors (Lipinski definition) is 0. The first-order valence-corrected chi connectivity index (χ1v) is 6.73. The van der Waals surface area contributed by atoms with Crippen molar-refractivity contribution in [1.29, 1.82) is 0 Å². The third-order valence-electron chi connectivity index (χ3n) is 2.66. The predicted molar refractivity (Wildman–Crippen MR) is 68.1 cm³/mol. The fourth-order valence-electron chi connectivity index (χ4n) is 1.60. The molecule has 0 spiro atoms. The average molecular weight is 332 g/mol. The van der Waals surface area contributed by atoms with Crippen molar-refractivity contribution in [3.05, 3.63) is 32.7 Å². The van der Waals surface area contributed by atoms with Crippen molar-refractivity contribution >= 4 is 37.6 Å². The highest BCUT2D eigenvalue weighted by Crippen LogP contribution is 2.34. The maximum absolute atomic E-state index is 11.8. The second-order valence-electron chi connectivity index (χ2n) is 4.06. The Balaban J connectivity index is 2.02. The Morgan fingerprint density at radius 2 is 1.80 bits per heavy atom. The topological polar surface area (TPSA) is 17.1 Å². The van der Waals surface area contributed by atoms with E-state index in [2.05, 4.69) is 31.9 Å². The number of hydrogen-bond acceptors (Lipinski definition) is 1. The largest absolute Gasteiger partial charge is 0.294 e. The van der Waals surface area contributed by atoms with Gasteiger partial charge in [-0.05, 0) is 30.5 Å². The average Bonchev–Trinajstić information content (AvgIpc) is 2.96. The maximum atomic E-state index is 11.8. The summed E-state index contributed by atoms with van der Waals surface area (Å²) in [5.41, 5.74) is 0.803. The summed E-state index contributed by atoms with van der Waals surface area (Å²) >= 11 is 6.78. The standard InChI is InChI=1S/C12H12Br2O/c13-10-5-9(6-11(14)7-10)12(15)4-3-8-1-2-8/h5-8H,1-4H2. The quantitative estimate of drug-likeness (QED) is 0.738. The Labute approximate surface area is 107 Å². The van der Waals surface area contributed by atoms with Crippen molar-refractivity contribution < 1.29 is 4.79 Å². The lowest BCUT2D eigenvalue weighted by Crippen LogP contribution is -1.99. The highest BCUT2D eigenvalue weighted by molar-refractivity contribution is 9.11. The zero-order valence-corrected chi connectivity index (χ0v) is 11.5. The van der Waals surface area contributed by atoms with E-state index in [9.17, 15) is 4.79 Å². The van der Waals surface area contributed by atoms with Crippen LogP contribution in [0, 0.1) is 5.92 Å². The van der Waals surface area contributed by atoms with Crippen LogP contribution in [-0.2, 0) is 0 Å². The molecule has 0 N–H and O–H groups in total. The third-order valence-corrected chi connectivity index (χ3v) is 3.58. The Hall–Kier alpha value is -0.150. The van der Waals surface area contributed by atoms with Gasteiger partial charge in [0.25, 0.3) is 0 Å². The lowest BCUT2D eigenvalue weighted by Gasteiger charge is -2.02. The number of halogens is 2. The molecule has 1 aliphatic rings. The molecule has 0 atom stereocenters. The van der Waals surface area contributed by atoms with Crippen LogP contribution in [0.4, 0.5) is 0 Å². The number of carbonyl (C=O) groups excluding carboxylic acids is 1. The van der Waals surface area contributed by atoms with Crippen molar-refractivity contribution in [3.8, 4) is 0 Å². The van der Waals surface area contributed by atoms with Gasteiger partial charge in [0, 0.05) is 20.9 Å². The smallest absolute Gasteiger partial charge is 0.162 e. The van der Waals surface area contributed by atoms with Gasteiger partial charge in [0.2, 0.25) is 0 Å². The lowest BCUT2D eigenvalue weighted by molar-refractivity contribution is 0.0978. The van der Waals surface area contributed by atoms with Gasteiger partial charge in [-0.25, -0.2) is 0 Å². The fourth-order valence-corrected chi connectivity index (χ4v) is 2.89. The van der Waals surface area contributed by atoms with E-state index in [-0.39, 0.29) is 5.78 Å². The zero-order valence-electron chi connectivity index (χ0n) is 8.30. The van der Waals surface area contributed by atoms with E-state index in [1.54, 1.807) is 0 Å². The van der Waals surface area contributed by atoms with Crippen LogP contribution in [0.5, 0.6) is 0 Å². The van der Waals surface area contributed by atoms with Crippen LogP contribution < -0.4 is 0 Å². The van der Waals surface area contributed by atoms with Gasteiger partial charge < -0.3 is 0 Å². The van der Waals surface area contributed by atoms with Crippen molar-refractivity contribution in [1.82, 2.24) is 0 Å². The van der Waals surface area contributed by atoms with Crippen LogP contribution in [-0.4, -0.2) is 5.78 Å². The molecule has 1 aromatic rings. The van der Waals surface area contributed by atoms with Crippen molar-refractivity contribution in [2.75, 3.05) is 0 Å². The zero-order chi connectivity index (χ0) is 10.8. The molecule has 0 heterocycles. The molecule has 15 heavy (non-hydrogen) atoms. The Bertz CT molecular complexity index is 363. The van der Waals surface area contributed by atoms with Gasteiger partial charge in [-0.3, -0.25) is 4.79 Å². The molecule has 1 saturated carbocycles. The van der Waals surface area contributed by atoms with E-state index < -0.39 is 0 Å². The van der Waals surface area contributed by atoms with E-state index >= 15 is 0 Å².